The number of hydrogen-bond donors (Lipinski definition) is 1. The molecule has 2 aromatic carbocycles. The summed E-state index contributed by atoms with van der Waals surface area (Å²) in [7, 11) is 0. The minimum atomic E-state index is -0.0695. The molecule has 0 spiro atoms. The van der Waals surface area contributed by atoms with E-state index in [0.717, 1.165) is 41.6 Å². The summed E-state index contributed by atoms with van der Waals surface area (Å²) in [5, 5.41) is 3.58. The van der Waals surface area contributed by atoms with Gasteiger partial charge in [0, 0.05) is 47.3 Å². The second-order valence-corrected chi connectivity index (χ2v) is 8.55. The topological polar surface area (TPSA) is 58.6 Å². The zero-order chi connectivity index (χ0) is 20.6. The summed E-state index contributed by atoms with van der Waals surface area (Å²) in [4.78, 5) is 26.7. The second-order valence-electron chi connectivity index (χ2n) is 6.89. The maximum atomic E-state index is 12.6. The van der Waals surface area contributed by atoms with Crippen molar-refractivity contribution in [1.29, 1.82) is 0 Å². The molecule has 1 saturated heterocycles. The summed E-state index contributed by atoms with van der Waals surface area (Å²) < 4.78 is 5.60. The molecule has 1 aliphatic rings. The number of amides is 2. The van der Waals surface area contributed by atoms with Crippen molar-refractivity contribution in [3.63, 3.8) is 0 Å². The molecular weight excluding hydrogens is 408 g/mol. The van der Waals surface area contributed by atoms with Gasteiger partial charge in [-0.25, -0.2) is 0 Å². The molecule has 0 unspecified atom stereocenters. The SMILES string of the molecule is Cc1cc(C(=O)N2CCSCC2)ccc1NC(=O)CCCOc1ccc(Cl)cc1. The Kier molecular flexibility index (Phi) is 7.83. The molecule has 0 saturated carbocycles. The van der Waals surface area contributed by atoms with Crippen LogP contribution in [0.5, 0.6) is 5.75 Å². The van der Waals surface area contributed by atoms with Crippen molar-refractivity contribution < 1.29 is 14.3 Å². The van der Waals surface area contributed by atoms with Crippen molar-refractivity contribution in [3.05, 3.63) is 58.6 Å². The van der Waals surface area contributed by atoms with Crippen molar-refractivity contribution in [2.75, 3.05) is 36.5 Å². The smallest absolute Gasteiger partial charge is 0.253 e. The van der Waals surface area contributed by atoms with Gasteiger partial charge in [-0.15, -0.1) is 0 Å². The van der Waals surface area contributed by atoms with Gasteiger partial charge in [-0.2, -0.15) is 11.8 Å². The molecule has 0 aromatic heterocycles. The molecule has 7 heteroatoms. The van der Waals surface area contributed by atoms with Crippen LogP contribution in [0.15, 0.2) is 42.5 Å². The van der Waals surface area contributed by atoms with Gasteiger partial charge in [0.2, 0.25) is 5.91 Å². The maximum Gasteiger partial charge on any atom is 0.253 e. The van der Waals surface area contributed by atoms with Crippen molar-refractivity contribution in [1.82, 2.24) is 4.90 Å². The van der Waals surface area contributed by atoms with Gasteiger partial charge in [-0.05, 0) is 61.4 Å². The summed E-state index contributed by atoms with van der Waals surface area (Å²) in [5.74, 6) is 2.70. The van der Waals surface area contributed by atoms with Crippen LogP contribution in [0.3, 0.4) is 0 Å². The number of carbonyl (C=O) groups excluding carboxylic acids is 2. The largest absolute Gasteiger partial charge is 0.494 e. The minimum Gasteiger partial charge on any atom is -0.494 e. The van der Waals surface area contributed by atoms with Crippen LogP contribution >= 0.6 is 23.4 Å². The van der Waals surface area contributed by atoms with Gasteiger partial charge >= 0.3 is 0 Å². The number of carbonyl (C=O) groups is 2. The van der Waals surface area contributed by atoms with Crippen LogP contribution in [0.1, 0.15) is 28.8 Å². The Balaban J connectivity index is 1.46. The van der Waals surface area contributed by atoms with Gasteiger partial charge in [0.05, 0.1) is 6.61 Å². The number of hydrogen-bond acceptors (Lipinski definition) is 4. The van der Waals surface area contributed by atoms with E-state index in [-0.39, 0.29) is 11.8 Å². The van der Waals surface area contributed by atoms with Gasteiger partial charge in [0.25, 0.3) is 5.91 Å². The van der Waals surface area contributed by atoms with E-state index in [1.165, 1.54) is 0 Å². The predicted molar refractivity (Wildman–Crippen MR) is 119 cm³/mol. The predicted octanol–water partition coefficient (Wildman–Crippen LogP) is 4.64. The number of nitrogens with zero attached hydrogens (tertiary/aromatic N) is 1. The van der Waals surface area contributed by atoms with E-state index in [0.29, 0.717) is 30.0 Å². The fourth-order valence-corrected chi connectivity index (χ4v) is 4.08. The number of rotatable bonds is 7. The second kappa shape index (κ2) is 10.6. The van der Waals surface area contributed by atoms with Crippen LogP contribution in [0.2, 0.25) is 5.02 Å². The van der Waals surface area contributed by atoms with Crippen LogP contribution in [-0.4, -0.2) is 47.9 Å². The third-order valence-electron chi connectivity index (χ3n) is 4.68. The highest BCUT2D eigenvalue weighted by molar-refractivity contribution is 7.99. The first kappa shape index (κ1) is 21.5. The van der Waals surface area contributed by atoms with Gasteiger partial charge in [0.1, 0.15) is 5.75 Å². The number of aryl methyl sites for hydroxylation is 1. The molecule has 1 heterocycles. The molecule has 1 N–H and O–H groups in total. The molecule has 3 rings (SSSR count). The molecule has 5 nitrogen and oxygen atoms in total. The van der Waals surface area contributed by atoms with Gasteiger partial charge in [-0.1, -0.05) is 11.6 Å². The summed E-state index contributed by atoms with van der Waals surface area (Å²) in [5.41, 5.74) is 2.29. The van der Waals surface area contributed by atoms with Crippen LogP contribution in [0.4, 0.5) is 5.69 Å². The third kappa shape index (κ3) is 6.41. The standard InChI is InChI=1S/C22H25ClN2O3S/c1-16-15-17(22(27)25-10-13-29-14-11-25)4-9-20(16)24-21(26)3-2-12-28-19-7-5-18(23)6-8-19/h4-9,15H,2-3,10-14H2,1H3,(H,24,26). The molecular formula is C22H25ClN2O3S. The number of halogens is 1. The highest BCUT2D eigenvalue weighted by Crippen LogP contribution is 2.20. The Morgan fingerprint density at radius 1 is 1.14 bits per heavy atom. The maximum absolute atomic E-state index is 12.6. The lowest BCUT2D eigenvalue weighted by Gasteiger charge is -2.26. The quantitative estimate of drug-likeness (QED) is 0.648. The fraction of sp³-hybridized carbons (Fsp3) is 0.364. The first-order valence-electron chi connectivity index (χ1n) is 9.69. The van der Waals surface area contributed by atoms with Crippen LogP contribution in [-0.2, 0) is 4.79 Å². The summed E-state index contributed by atoms with van der Waals surface area (Å²) >= 11 is 7.72. The molecule has 154 valence electrons. The summed E-state index contributed by atoms with van der Waals surface area (Å²) in [6, 6.07) is 12.6. The van der Waals surface area contributed by atoms with E-state index in [2.05, 4.69) is 5.32 Å². The van der Waals surface area contributed by atoms with Crippen molar-refractivity contribution in [3.8, 4) is 5.75 Å². The number of ether oxygens (including phenoxy) is 1. The fourth-order valence-electron chi connectivity index (χ4n) is 3.05. The van der Waals surface area contributed by atoms with Crippen molar-refractivity contribution in [2.24, 2.45) is 0 Å². The summed E-state index contributed by atoms with van der Waals surface area (Å²) in [6.45, 7) is 3.94. The van der Waals surface area contributed by atoms with Gasteiger partial charge in [-0.3, -0.25) is 9.59 Å². The highest BCUT2D eigenvalue weighted by atomic mass is 35.5. The zero-order valence-electron chi connectivity index (χ0n) is 16.4. The number of thioether (sulfide) groups is 1. The molecule has 1 aliphatic heterocycles. The third-order valence-corrected chi connectivity index (χ3v) is 5.87. The summed E-state index contributed by atoms with van der Waals surface area (Å²) in [6.07, 6.45) is 0.968. The lowest BCUT2D eigenvalue weighted by atomic mass is 10.1. The number of benzene rings is 2. The molecule has 0 radical (unpaired) electrons. The number of anilines is 1. The van der Waals surface area contributed by atoms with E-state index in [9.17, 15) is 9.59 Å². The van der Waals surface area contributed by atoms with Gasteiger partial charge in [0.15, 0.2) is 0 Å². The van der Waals surface area contributed by atoms with Crippen molar-refractivity contribution in [2.45, 2.75) is 19.8 Å². The van der Waals surface area contributed by atoms with E-state index in [1.807, 2.05) is 35.7 Å². The molecule has 1 fully saturated rings. The lowest BCUT2D eigenvalue weighted by molar-refractivity contribution is -0.116. The van der Waals surface area contributed by atoms with Crippen LogP contribution in [0, 0.1) is 6.92 Å². The molecule has 2 amide bonds. The Bertz CT molecular complexity index is 852. The Hall–Kier alpha value is -2.18. The normalized spacial score (nSPS) is 13.8. The van der Waals surface area contributed by atoms with Crippen molar-refractivity contribution >= 4 is 40.9 Å². The monoisotopic (exact) mass is 432 g/mol. The first-order chi connectivity index (χ1) is 14.0. The van der Waals surface area contributed by atoms with E-state index < -0.39 is 0 Å². The van der Waals surface area contributed by atoms with Crippen LogP contribution < -0.4 is 10.1 Å². The molecule has 0 aliphatic carbocycles. The average Bonchev–Trinajstić information content (AvgIpc) is 2.74. The highest BCUT2D eigenvalue weighted by Gasteiger charge is 2.19. The minimum absolute atomic E-state index is 0.0608. The van der Waals surface area contributed by atoms with Gasteiger partial charge < -0.3 is 15.0 Å². The Morgan fingerprint density at radius 3 is 2.55 bits per heavy atom. The number of nitrogens with one attached hydrogen (secondary N) is 1. The molecule has 2 aromatic rings. The zero-order valence-corrected chi connectivity index (χ0v) is 18.0. The Labute approximate surface area is 180 Å². The average molecular weight is 433 g/mol. The van der Waals surface area contributed by atoms with E-state index in [4.69, 9.17) is 16.3 Å². The lowest BCUT2D eigenvalue weighted by Crippen LogP contribution is -2.37. The van der Waals surface area contributed by atoms with E-state index in [1.54, 1.807) is 30.3 Å². The molecule has 0 bridgehead atoms. The first-order valence-corrected chi connectivity index (χ1v) is 11.2. The van der Waals surface area contributed by atoms with Crippen LogP contribution in [0.25, 0.3) is 0 Å². The van der Waals surface area contributed by atoms with E-state index >= 15 is 0 Å². The Morgan fingerprint density at radius 2 is 1.86 bits per heavy atom. The molecule has 0 atom stereocenters. The molecule has 29 heavy (non-hydrogen) atoms.